The van der Waals surface area contributed by atoms with Gasteiger partial charge in [-0.05, 0) is 31.9 Å². The van der Waals surface area contributed by atoms with Crippen molar-refractivity contribution in [1.29, 1.82) is 5.26 Å². The van der Waals surface area contributed by atoms with E-state index in [4.69, 9.17) is 5.26 Å². The zero-order valence-corrected chi connectivity index (χ0v) is 13.2. The molecule has 0 fully saturated rings. The monoisotopic (exact) mass is 301 g/mol. The standard InChI is InChI=1S/C16H19N3OS/c1-3-12(2)19-15(20)13-8-4-5-9-14(13)18-16(19)21-11-7-6-10-17/h4-5,8-9,12H,3,6-7,11H2,1-2H3/t12-/m1/s1. The minimum atomic E-state index is 0.0257. The third-order valence-electron chi connectivity index (χ3n) is 3.47. The second-order valence-electron chi connectivity index (χ2n) is 4.95. The van der Waals surface area contributed by atoms with E-state index < -0.39 is 0 Å². The van der Waals surface area contributed by atoms with Crippen molar-refractivity contribution in [2.45, 2.75) is 44.3 Å². The van der Waals surface area contributed by atoms with Crippen LogP contribution >= 0.6 is 11.8 Å². The highest BCUT2D eigenvalue weighted by Crippen LogP contribution is 2.23. The van der Waals surface area contributed by atoms with E-state index in [9.17, 15) is 4.79 Å². The van der Waals surface area contributed by atoms with Gasteiger partial charge in [0, 0.05) is 18.2 Å². The average molecular weight is 301 g/mol. The zero-order chi connectivity index (χ0) is 15.2. The summed E-state index contributed by atoms with van der Waals surface area (Å²) in [5.74, 6) is 0.800. The molecule has 1 heterocycles. The van der Waals surface area contributed by atoms with Gasteiger partial charge in [-0.3, -0.25) is 9.36 Å². The van der Waals surface area contributed by atoms with Crippen LogP contribution < -0.4 is 5.56 Å². The lowest BCUT2D eigenvalue weighted by atomic mass is 10.2. The summed E-state index contributed by atoms with van der Waals surface area (Å²) in [5.41, 5.74) is 0.766. The van der Waals surface area contributed by atoms with E-state index >= 15 is 0 Å². The number of hydrogen-bond donors (Lipinski definition) is 0. The van der Waals surface area contributed by atoms with Crippen molar-refractivity contribution in [3.63, 3.8) is 0 Å². The predicted octanol–water partition coefficient (Wildman–Crippen LogP) is 3.76. The number of fused-ring (bicyclic) bond motifs is 1. The summed E-state index contributed by atoms with van der Waals surface area (Å²) in [7, 11) is 0. The van der Waals surface area contributed by atoms with Crippen LogP contribution in [0, 0.1) is 11.3 Å². The second kappa shape index (κ2) is 7.28. The Balaban J connectivity index is 2.46. The van der Waals surface area contributed by atoms with Gasteiger partial charge in [0.25, 0.3) is 5.56 Å². The lowest BCUT2D eigenvalue weighted by Gasteiger charge is -2.18. The lowest BCUT2D eigenvalue weighted by molar-refractivity contribution is 0.468. The molecule has 0 amide bonds. The molecule has 110 valence electrons. The van der Waals surface area contributed by atoms with Gasteiger partial charge in [-0.25, -0.2) is 4.98 Å². The van der Waals surface area contributed by atoms with Crippen molar-refractivity contribution in [1.82, 2.24) is 9.55 Å². The van der Waals surface area contributed by atoms with Crippen LogP contribution in [0.15, 0.2) is 34.2 Å². The van der Waals surface area contributed by atoms with Gasteiger partial charge < -0.3 is 0 Å². The molecule has 0 aliphatic heterocycles. The summed E-state index contributed by atoms with van der Waals surface area (Å²) in [5, 5.41) is 10.0. The van der Waals surface area contributed by atoms with Crippen molar-refractivity contribution in [2.24, 2.45) is 0 Å². The summed E-state index contributed by atoms with van der Waals surface area (Å²) < 4.78 is 1.79. The number of nitrogens with zero attached hydrogens (tertiary/aromatic N) is 3. The van der Waals surface area contributed by atoms with Gasteiger partial charge in [0.1, 0.15) is 0 Å². The predicted molar refractivity (Wildman–Crippen MR) is 86.6 cm³/mol. The summed E-state index contributed by atoms with van der Waals surface area (Å²) >= 11 is 1.56. The summed E-state index contributed by atoms with van der Waals surface area (Å²) in [6, 6.07) is 9.72. The maximum Gasteiger partial charge on any atom is 0.262 e. The van der Waals surface area contributed by atoms with Crippen LogP contribution in [-0.4, -0.2) is 15.3 Å². The first kappa shape index (κ1) is 15.6. The fraction of sp³-hybridized carbons (Fsp3) is 0.438. The molecule has 0 saturated heterocycles. The summed E-state index contributed by atoms with van der Waals surface area (Å²) in [4.78, 5) is 17.3. The van der Waals surface area contributed by atoms with Crippen molar-refractivity contribution in [3.8, 4) is 6.07 Å². The number of para-hydroxylation sites is 1. The molecule has 0 bridgehead atoms. The average Bonchev–Trinajstić information content (AvgIpc) is 2.51. The van der Waals surface area contributed by atoms with E-state index in [-0.39, 0.29) is 11.6 Å². The van der Waals surface area contributed by atoms with Crippen LogP contribution in [-0.2, 0) is 0 Å². The highest BCUT2D eigenvalue weighted by atomic mass is 32.2. The van der Waals surface area contributed by atoms with E-state index in [0.29, 0.717) is 11.8 Å². The van der Waals surface area contributed by atoms with Crippen LogP contribution in [0.3, 0.4) is 0 Å². The molecule has 4 nitrogen and oxygen atoms in total. The summed E-state index contributed by atoms with van der Waals surface area (Å²) in [6.07, 6.45) is 2.23. The van der Waals surface area contributed by atoms with Crippen molar-refractivity contribution in [3.05, 3.63) is 34.6 Å². The van der Waals surface area contributed by atoms with Gasteiger partial charge in [-0.2, -0.15) is 5.26 Å². The van der Waals surface area contributed by atoms with Crippen LogP contribution in [0.25, 0.3) is 10.9 Å². The first-order valence-electron chi connectivity index (χ1n) is 7.20. The molecule has 0 radical (unpaired) electrons. The normalized spacial score (nSPS) is 12.2. The topological polar surface area (TPSA) is 58.7 Å². The number of unbranched alkanes of at least 4 members (excludes halogenated alkanes) is 1. The lowest BCUT2D eigenvalue weighted by Crippen LogP contribution is -2.26. The van der Waals surface area contributed by atoms with Crippen LogP contribution in [0.4, 0.5) is 0 Å². The van der Waals surface area contributed by atoms with Crippen molar-refractivity contribution < 1.29 is 0 Å². The van der Waals surface area contributed by atoms with Gasteiger partial charge in [0.2, 0.25) is 0 Å². The Morgan fingerprint density at radius 2 is 2.19 bits per heavy atom. The first-order valence-corrected chi connectivity index (χ1v) is 8.18. The van der Waals surface area contributed by atoms with Gasteiger partial charge >= 0.3 is 0 Å². The number of benzene rings is 1. The highest BCUT2D eigenvalue weighted by molar-refractivity contribution is 7.99. The van der Waals surface area contributed by atoms with E-state index in [2.05, 4.69) is 18.0 Å². The Hall–Kier alpha value is -1.80. The maximum absolute atomic E-state index is 12.7. The number of nitriles is 1. The Morgan fingerprint density at radius 3 is 2.90 bits per heavy atom. The van der Waals surface area contributed by atoms with E-state index in [1.807, 2.05) is 31.2 Å². The minimum Gasteiger partial charge on any atom is -0.284 e. The van der Waals surface area contributed by atoms with Gasteiger partial charge in [0.05, 0.1) is 17.0 Å². The van der Waals surface area contributed by atoms with Crippen LogP contribution in [0.2, 0.25) is 0 Å². The molecule has 5 heteroatoms. The number of thioether (sulfide) groups is 1. The molecule has 0 spiro atoms. The van der Waals surface area contributed by atoms with Crippen molar-refractivity contribution >= 4 is 22.7 Å². The van der Waals surface area contributed by atoms with Gasteiger partial charge in [-0.1, -0.05) is 30.8 Å². The first-order chi connectivity index (χ1) is 10.2. The number of aromatic nitrogens is 2. The Bertz CT molecular complexity index is 718. The molecule has 0 aliphatic rings. The quantitative estimate of drug-likeness (QED) is 0.463. The second-order valence-corrected chi connectivity index (χ2v) is 6.02. The van der Waals surface area contributed by atoms with E-state index in [1.165, 1.54) is 0 Å². The molecule has 1 aromatic carbocycles. The molecule has 0 unspecified atom stereocenters. The molecule has 21 heavy (non-hydrogen) atoms. The Morgan fingerprint density at radius 1 is 1.43 bits per heavy atom. The van der Waals surface area contributed by atoms with Crippen molar-refractivity contribution in [2.75, 3.05) is 5.75 Å². The molecule has 1 aromatic heterocycles. The smallest absolute Gasteiger partial charge is 0.262 e. The fourth-order valence-corrected chi connectivity index (χ4v) is 3.15. The minimum absolute atomic E-state index is 0.0257. The Labute approximate surface area is 128 Å². The third-order valence-corrected chi connectivity index (χ3v) is 4.51. The highest BCUT2D eigenvalue weighted by Gasteiger charge is 2.15. The molecule has 0 saturated carbocycles. The largest absolute Gasteiger partial charge is 0.284 e. The van der Waals surface area contributed by atoms with Gasteiger partial charge in [-0.15, -0.1) is 0 Å². The van der Waals surface area contributed by atoms with E-state index in [0.717, 1.165) is 29.3 Å². The molecular formula is C16H19N3OS. The fourth-order valence-electron chi connectivity index (χ4n) is 2.11. The van der Waals surface area contributed by atoms with Gasteiger partial charge in [0.15, 0.2) is 5.16 Å². The molecular weight excluding hydrogens is 282 g/mol. The third kappa shape index (κ3) is 3.45. The Kier molecular flexibility index (Phi) is 5.40. The van der Waals surface area contributed by atoms with Crippen LogP contribution in [0.1, 0.15) is 39.2 Å². The molecule has 0 aliphatic carbocycles. The number of hydrogen-bond acceptors (Lipinski definition) is 4. The molecule has 2 aromatic rings. The van der Waals surface area contributed by atoms with Crippen LogP contribution in [0.5, 0.6) is 0 Å². The number of rotatable bonds is 6. The zero-order valence-electron chi connectivity index (χ0n) is 12.4. The SMILES string of the molecule is CC[C@@H](C)n1c(SCCCC#N)nc2ccccc2c1=O. The van der Waals surface area contributed by atoms with E-state index in [1.54, 1.807) is 16.3 Å². The molecule has 2 rings (SSSR count). The summed E-state index contributed by atoms with van der Waals surface area (Å²) in [6.45, 7) is 4.10. The molecule has 1 atom stereocenters. The maximum atomic E-state index is 12.7. The molecule has 0 N–H and O–H groups in total.